The minimum Gasteiger partial charge on any atom is -0.612 e. The summed E-state index contributed by atoms with van der Waals surface area (Å²) in [6.45, 7) is 9.42. The Balaban J connectivity index is 2.08. The van der Waals surface area contributed by atoms with Crippen LogP contribution in [0.1, 0.15) is 52.9 Å². The zero-order chi connectivity index (χ0) is 23.8. The first-order valence-electron chi connectivity index (χ1n) is 12.0. The molecule has 0 aliphatic carbocycles. The average Bonchev–Trinajstić information content (AvgIpc) is 2.82. The van der Waals surface area contributed by atoms with Crippen LogP contribution in [0.5, 0.6) is 0 Å². The monoisotopic (exact) mass is 471 g/mol. The third-order valence-electron chi connectivity index (χ3n) is 6.21. The molecule has 1 aromatic carbocycles. The number of aliphatic imine (C=N–C) groups is 1. The van der Waals surface area contributed by atoms with E-state index in [4.69, 9.17) is 9.73 Å². The van der Waals surface area contributed by atoms with E-state index >= 15 is 0 Å². The number of rotatable bonds is 8. The number of ether oxygens (including phenoxy) is 1. The normalized spacial score (nSPS) is 25.8. The number of morpholine rings is 1. The van der Waals surface area contributed by atoms with Gasteiger partial charge in [0.15, 0.2) is 10.7 Å². The van der Waals surface area contributed by atoms with Crippen molar-refractivity contribution in [2.45, 2.75) is 57.8 Å². The summed E-state index contributed by atoms with van der Waals surface area (Å²) in [6.07, 6.45) is 7.76. The van der Waals surface area contributed by atoms with Gasteiger partial charge in [0.25, 0.3) is 0 Å². The summed E-state index contributed by atoms with van der Waals surface area (Å²) < 4.78 is 17.6. The van der Waals surface area contributed by atoms with E-state index < -0.39 is 11.2 Å². The predicted molar refractivity (Wildman–Crippen MR) is 136 cm³/mol. The van der Waals surface area contributed by atoms with Gasteiger partial charge in [0.2, 0.25) is 0 Å². The minimum atomic E-state index is -1.09. The number of unbranched alkanes of at least 4 members (excludes halogenated alkanes) is 1. The smallest absolute Gasteiger partial charge is 0.166 e. The van der Waals surface area contributed by atoms with Crippen molar-refractivity contribution in [3.05, 3.63) is 47.3 Å². The maximum atomic E-state index is 13.3. The fourth-order valence-corrected chi connectivity index (χ4v) is 4.81. The molecule has 0 amide bonds. The van der Waals surface area contributed by atoms with Gasteiger partial charge in [-0.3, -0.25) is 4.79 Å². The molecule has 7 heteroatoms. The molecule has 2 aliphatic rings. The molecule has 0 radical (unpaired) electrons. The summed E-state index contributed by atoms with van der Waals surface area (Å²) >= 11 is -1.09. The number of carbonyl (C=O) groups is 1. The highest BCUT2D eigenvalue weighted by Gasteiger charge is 2.26. The van der Waals surface area contributed by atoms with E-state index in [1.54, 1.807) is 6.26 Å². The number of hydrogen-bond donors (Lipinski definition) is 1. The molecule has 1 N–H and O–H groups in total. The molecule has 1 saturated heterocycles. The summed E-state index contributed by atoms with van der Waals surface area (Å²) in [5, 5.41) is 3.41. The third-order valence-corrected chi connectivity index (χ3v) is 7.13. The molecule has 0 aromatic heterocycles. The molecule has 180 valence electrons. The third kappa shape index (κ3) is 6.71. The Bertz CT molecular complexity index is 917. The molecule has 0 spiro atoms. The quantitative estimate of drug-likeness (QED) is 0.545. The lowest BCUT2D eigenvalue weighted by Crippen LogP contribution is -2.37. The Morgan fingerprint density at radius 1 is 1.30 bits per heavy atom. The Labute approximate surface area is 201 Å². The maximum Gasteiger partial charge on any atom is 0.166 e. The van der Waals surface area contributed by atoms with Crippen molar-refractivity contribution in [3.8, 4) is 0 Å². The molecule has 6 nitrogen and oxygen atoms in total. The minimum absolute atomic E-state index is 0.117. The van der Waals surface area contributed by atoms with Gasteiger partial charge in [0, 0.05) is 31.3 Å². The molecule has 3 rings (SSSR count). The summed E-state index contributed by atoms with van der Waals surface area (Å²) in [4.78, 5) is 21.4. The van der Waals surface area contributed by atoms with Gasteiger partial charge in [0.05, 0.1) is 18.8 Å². The van der Waals surface area contributed by atoms with Crippen LogP contribution in [0.2, 0.25) is 0 Å². The van der Waals surface area contributed by atoms with Gasteiger partial charge in [-0.25, -0.2) is 4.99 Å². The van der Waals surface area contributed by atoms with Crippen molar-refractivity contribution in [1.82, 2.24) is 4.90 Å². The summed E-state index contributed by atoms with van der Waals surface area (Å²) in [5.74, 6) is 1.96. The Morgan fingerprint density at radius 3 is 2.73 bits per heavy atom. The molecule has 33 heavy (non-hydrogen) atoms. The van der Waals surface area contributed by atoms with Crippen LogP contribution in [0.4, 0.5) is 5.69 Å². The van der Waals surface area contributed by atoms with E-state index in [2.05, 4.69) is 37.1 Å². The van der Waals surface area contributed by atoms with Crippen molar-refractivity contribution in [2.75, 3.05) is 37.9 Å². The number of Topliss-reactive ketones (excluding diaryl/α,β-unsaturated/α-hetero) is 1. The average molecular weight is 472 g/mol. The number of nitrogens with one attached hydrogen (secondary N) is 1. The number of allylic oxidation sites excluding steroid dienone is 2. The lowest BCUT2D eigenvalue weighted by Gasteiger charge is -2.33. The first-order chi connectivity index (χ1) is 15.9. The second-order valence-electron chi connectivity index (χ2n) is 8.65. The van der Waals surface area contributed by atoms with Crippen LogP contribution in [0.25, 0.3) is 0 Å². The maximum absolute atomic E-state index is 13.3. The van der Waals surface area contributed by atoms with Crippen molar-refractivity contribution < 1.29 is 14.1 Å². The van der Waals surface area contributed by atoms with E-state index in [-0.39, 0.29) is 5.78 Å². The molecule has 0 saturated carbocycles. The van der Waals surface area contributed by atoms with Gasteiger partial charge < -0.3 is 19.5 Å². The zero-order valence-corrected chi connectivity index (χ0v) is 21.2. The molecule has 2 heterocycles. The van der Waals surface area contributed by atoms with Gasteiger partial charge in [-0.2, -0.15) is 0 Å². The van der Waals surface area contributed by atoms with E-state index in [9.17, 15) is 9.35 Å². The van der Waals surface area contributed by atoms with E-state index in [1.165, 1.54) is 5.57 Å². The van der Waals surface area contributed by atoms with E-state index in [0.29, 0.717) is 37.0 Å². The van der Waals surface area contributed by atoms with Crippen molar-refractivity contribution >= 4 is 28.5 Å². The summed E-state index contributed by atoms with van der Waals surface area (Å²) in [5.41, 5.74) is 2.73. The SMILES string of the molecule is CCCCC(=O)C1=C\CC(C)/C(CC)=C(N2CCOCC2)/N=C\1Nc1cccc([S+](C)[O-])c1. The number of anilines is 1. The number of nitrogens with zero attached hydrogens (tertiary/aromatic N) is 2. The fourth-order valence-electron chi connectivity index (χ4n) is 4.25. The van der Waals surface area contributed by atoms with Gasteiger partial charge in [0.1, 0.15) is 17.9 Å². The highest BCUT2D eigenvalue weighted by molar-refractivity contribution is 7.90. The van der Waals surface area contributed by atoms with Gasteiger partial charge in [-0.05, 0) is 54.1 Å². The number of amidine groups is 1. The summed E-state index contributed by atoms with van der Waals surface area (Å²) in [7, 11) is 0. The van der Waals surface area contributed by atoms with Crippen molar-refractivity contribution in [3.63, 3.8) is 0 Å². The highest BCUT2D eigenvalue weighted by atomic mass is 32.2. The van der Waals surface area contributed by atoms with E-state index in [0.717, 1.165) is 55.2 Å². The standard InChI is InChI=1S/C26H37N3O3S/c1-5-7-11-24(30)23-13-12-19(3)22(6-2)26(29-14-16-32-17-15-29)28-25(23)27-20-9-8-10-21(18-20)33(4)31/h8-10,13,18-19H,5-7,11-12,14-17H2,1-4H3,(H,27,28)/b23-13+,26-22-. The molecular formula is C26H37N3O3S. The largest absolute Gasteiger partial charge is 0.612 e. The number of benzene rings is 1. The van der Waals surface area contributed by atoms with Gasteiger partial charge >= 0.3 is 0 Å². The topological polar surface area (TPSA) is 77.0 Å². The highest BCUT2D eigenvalue weighted by Crippen LogP contribution is 2.30. The fraction of sp³-hybridized carbons (Fsp3) is 0.538. The zero-order valence-electron chi connectivity index (χ0n) is 20.4. The van der Waals surface area contributed by atoms with Crippen LogP contribution >= 0.6 is 0 Å². The number of carbonyl (C=O) groups excluding carboxylic acids is 1. The van der Waals surface area contributed by atoms with Crippen LogP contribution in [0.15, 0.2) is 57.2 Å². The van der Waals surface area contributed by atoms with Crippen LogP contribution in [-0.2, 0) is 20.7 Å². The molecule has 2 unspecified atom stereocenters. The first kappa shape index (κ1) is 25.5. The number of hydrogen-bond acceptors (Lipinski definition) is 6. The van der Waals surface area contributed by atoms with Crippen LogP contribution in [0.3, 0.4) is 0 Å². The molecule has 2 atom stereocenters. The lowest BCUT2D eigenvalue weighted by molar-refractivity contribution is -0.115. The second-order valence-corrected chi connectivity index (χ2v) is 10.0. The van der Waals surface area contributed by atoms with Crippen LogP contribution in [-0.4, -0.2) is 53.6 Å². The molecule has 2 aliphatic heterocycles. The first-order valence-corrected chi connectivity index (χ1v) is 13.6. The van der Waals surface area contributed by atoms with Crippen molar-refractivity contribution in [1.29, 1.82) is 0 Å². The second kappa shape index (κ2) is 12.4. The Kier molecular flexibility index (Phi) is 9.59. The molecule has 1 fully saturated rings. The summed E-state index contributed by atoms with van der Waals surface area (Å²) in [6, 6.07) is 7.52. The molecule has 1 aromatic rings. The Morgan fingerprint density at radius 2 is 2.06 bits per heavy atom. The molecular weight excluding hydrogens is 434 g/mol. The van der Waals surface area contributed by atoms with Gasteiger partial charge in [-0.15, -0.1) is 0 Å². The predicted octanol–water partition coefficient (Wildman–Crippen LogP) is 4.91. The van der Waals surface area contributed by atoms with Crippen LogP contribution in [0, 0.1) is 5.92 Å². The van der Waals surface area contributed by atoms with Crippen molar-refractivity contribution in [2.24, 2.45) is 10.9 Å². The van der Waals surface area contributed by atoms with E-state index in [1.807, 2.05) is 24.3 Å². The van der Waals surface area contributed by atoms with Gasteiger partial charge in [-0.1, -0.05) is 39.3 Å². The number of ketones is 1. The molecule has 0 bridgehead atoms. The Hall–Kier alpha value is -2.09. The van der Waals surface area contributed by atoms with Crippen LogP contribution < -0.4 is 5.32 Å². The lowest BCUT2D eigenvalue weighted by atomic mass is 9.91.